The van der Waals surface area contributed by atoms with Gasteiger partial charge >= 0.3 is 0 Å². The molecular formula is C16H20ClN3O. The maximum absolute atomic E-state index is 6.39. The third kappa shape index (κ3) is 2.47. The van der Waals surface area contributed by atoms with E-state index in [1.807, 2.05) is 0 Å². The second-order valence-electron chi connectivity index (χ2n) is 6.19. The lowest BCUT2D eigenvalue weighted by atomic mass is 9.98. The van der Waals surface area contributed by atoms with Gasteiger partial charge in [-0.3, -0.25) is 0 Å². The zero-order valence-corrected chi connectivity index (χ0v) is 12.7. The van der Waals surface area contributed by atoms with Crippen LogP contribution < -0.4 is 5.73 Å². The van der Waals surface area contributed by atoms with Crippen LogP contribution >= 0.6 is 12.4 Å². The summed E-state index contributed by atoms with van der Waals surface area (Å²) in [5.74, 6) is 1.78. The molecule has 0 spiro atoms. The van der Waals surface area contributed by atoms with Crippen LogP contribution in [0.15, 0.2) is 28.8 Å². The second-order valence-corrected chi connectivity index (χ2v) is 6.19. The molecule has 0 amide bonds. The SMILES string of the molecule is Cl.NC1(c2noc(C3Cc4ccccc4C3)n2)CCCC1. The smallest absolute Gasteiger partial charge is 0.230 e. The number of rotatable bonds is 2. The molecule has 112 valence electrons. The molecule has 4 nitrogen and oxygen atoms in total. The Hall–Kier alpha value is -1.39. The molecule has 2 aliphatic carbocycles. The monoisotopic (exact) mass is 305 g/mol. The van der Waals surface area contributed by atoms with Crippen molar-refractivity contribution in [1.82, 2.24) is 10.1 Å². The molecule has 2 aliphatic rings. The Morgan fingerprint density at radius 3 is 2.33 bits per heavy atom. The van der Waals surface area contributed by atoms with Gasteiger partial charge in [-0.15, -0.1) is 12.4 Å². The van der Waals surface area contributed by atoms with Gasteiger partial charge in [-0.2, -0.15) is 4.98 Å². The van der Waals surface area contributed by atoms with Crippen molar-refractivity contribution in [3.8, 4) is 0 Å². The first-order chi connectivity index (χ1) is 9.74. The van der Waals surface area contributed by atoms with Crippen LogP contribution in [-0.4, -0.2) is 10.1 Å². The van der Waals surface area contributed by atoms with E-state index in [1.165, 1.54) is 11.1 Å². The molecule has 0 saturated heterocycles. The molecule has 21 heavy (non-hydrogen) atoms. The number of nitrogens with zero attached hydrogens (tertiary/aromatic N) is 2. The van der Waals surface area contributed by atoms with Crippen molar-refractivity contribution in [3.05, 3.63) is 47.1 Å². The highest BCUT2D eigenvalue weighted by Crippen LogP contribution is 2.37. The van der Waals surface area contributed by atoms with E-state index in [2.05, 4.69) is 34.4 Å². The van der Waals surface area contributed by atoms with Crippen LogP contribution in [0.25, 0.3) is 0 Å². The minimum Gasteiger partial charge on any atom is -0.339 e. The fourth-order valence-corrected chi connectivity index (χ4v) is 3.57. The molecule has 0 bridgehead atoms. The van der Waals surface area contributed by atoms with E-state index >= 15 is 0 Å². The van der Waals surface area contributed by atoms with Gasteiger partial charge < -0.3 is 10.3 Å². The van der Waals surface area contributed by atoms with E-state index in [9.17, 15) is 0 Å². The maximum atomic E-state index is 6.39. The van der Waals surface area contributed by atoms with Crippen LogP contribution in [0.4, 0.5) is 0 Å². The topological polar surface area (TPSA) is 64.9 Å². The Morgan fingerprint density at radius 2 is 1.71 bits per heavy atom. The number of aromatic nitrogens is 2. The quantitative estimate of drug-likeness (QED) is 0.926. The molecule has 1 aromatic heterocycles. The van der Waals surface area contributed by atoms with E-state index in [4.69, 9.17) is 10.3 Å². The van der Waals surface area contributed by atoms with Crippen LogP contribution in [0.5, 0.6) is 0 Å². The third-order valence-electron chi connectivity index (χ3n) is 4.78. The van der Waals surface area contributed by atoms with E-state index in [-0.39, 0.29) is 17.9 Å². The molecule has 5 heteroatoms. The zero-order chi connectivity index (χ0) is 13.6. The molecule has 1 aromatic carbocycles. The van der Waals surface area contributed by atoms with Crippen LogP contribution in [-0.2, 0) is 18.4 Å². The van der Waals surface area contributed by atoms with Crippen LogP contribution in [0.1, 0.15) is 54.4 Å². The minimum absolute atomic E-state index is 0. The summed E-state index contributed by atoms with van der Waals surface area (Å²) in [7, 11) is 0. The summed E-state index contributed by atoms with van der Waals surface area (Å²) in [6.45, 7) is 0. The predicted octanol–water partition coefficient (Wildman–Crippen LogP) is 3.10. The van der Waals surface area contributed by atoms with Crippen molar-refractivity contribution in [2.75, 3.05) is 0 Å². The largest absolute Gasteiger partial charge is 0.339 e. The molecule has 4 rings (SSSR count). The maximum Gasteiger partial charge on any atom is 0.230 e. The van der Waals surface area contributed by atoms with E-state index in [0.717, 1.165) is 44.4 Å². The molecule has 1 fully saturated rings. The van der Waals surface area contributed by atoms with Gasteiger partial charge in [0.25, 0.3) is 0 Å². The summed E-state index contributed by atoms with van der Waals surface area (Å²) >= 11 is 0. The number of fused-ring (bicyclic) bond motifs is 1. The Morgan fingerprint density at radius 1 is 1.10 bits per heavy atom. The van der Waals surface area contributed by atoms with Crippen molar-refractivity contribution in [1.29, 1.82) is 0 Å². The summed E-state index contributed by atoms with van der Waals surface area (Å²) in [4.78, 5) is 4.63. The van der Waals surface area contributed by atoms with Gasteiger partial charge in [0.2, 0.25) is 5.89 Å². The van der Waals surface area contributed by atoms with Crippen LogP contribution in [0.2, 0.25) is 0 Å². The Balaban J connectivity index is 0.00000132. The first-order valence-corrected chi connectivity index (χ1v) is 7.44. The van der Waals surface area contributed by atoms with Gasteiger partial charge in [0, 0.05) is 5.92 Å². The third-order valence-corrected chi connectivity index (χ3v) is 4.78. The number of benzene rings is 1. The lowest BCUT2D eigenvalue weighted by Crippen LogP contribution is -2.34. The zero-order valence-electron chi connectivity index (χ0n) is 11.9. The molecule has 2 aromatic rings. The Kier molecular flexibility index (Phi) is 3.76. The highest BCUT2D eigenvalue weighted by Gasteiger charge is 2.37. The van der Waals surface area contributed by atoms with Gasteiger partial charge in [0.15, 0.2) is 5.82 Å². The normalized spacial score (nSPS) is 20.2. The van der Waals surface area contributed by atoms with E-state index in [0.29, 0.717) is 11.7 Å². The molecule has 2 N–H and O–H groups in total. The summed E-state index contributed by atoms with van der Waals surface area (Å²) in [5.41, 5.74) is 8.84. The number of hydrogen-bond acceptors (Lipinski definition) is 4. The lowest BCUT2D eigenvalue weighted by Gasteiger charge is -2.17. The molecule has 0 atom stereocenters. The summed E-state index contributed by atoms with van der Waals surface area (Å²) in [5, 5.41) is 4.17. The molecule has 1 saturated carbocycles. The molecule has 0 aliphatic heterocycles. The lowest BCUT2D eigenvalue weighted by molar-refractivity contribution is 0.335. The second kappa shape index (κ2) is 5.43. The van der Waals surface area contributed by atoms with E-state index in [1.54, 1.807) is 0 Å². The minimum atomic E-state index is -0.354. The van der Waals surface area contributed by atoms with E-state index < -0.39 is 0 Å². The molecular weight excluding hydrogens is 286 g/mol. The Labute approximate surface area is 130 Å². The average Bonchev–Trinajstić information content (AvgIpc) is 3.17. The summed E-state index contributed by atoms with van der Waals surface area (Å²) in [6.07, 6.45) is 6.25. The summed E-state index contributed by atoms with van der Waals surface area (Å²) in [6, 6.07) is 8.56. The predicted molar refractivity (Wildman–Crippen MR) is 82.5 cm³/mol. The van der Waals surface area contributed by atoms with Gasteiger partial charge in [-0.1, -0.05) is 42.3 Å². The van der Waals surface area contributed by atoms with Crippen molar-refractivity contribution < 1.29 is 4.52 Å². The highest BCUT2D eigenvalue weighted by atomic mass is 35.5. The van der Waals surface area contributed by atoms with Crippen LogP contribution in [0.3, 0.4) is 0 Å². The van der Waals surface area contributed by atoms with Crippen LogP contribution in [0, 0.1) is 0 Å². The van der Waals surface area contributed by atoms with Gasteiger partial charge in [-0.05, 0) is 36.8 Å². The van der Waals surface area contributed by atoms with Crippen molar-refractivity contribution >= 4 is 12.4 Å². The highest BCUT2D eigenvalue weighted by molar-refractivity contribution is 5.85. The van der Waals surface area contributed by atoms with Crippen molar-refractivity contribution in [2.24, 2.45) is 5.73 Å². The van der Waals surface area contributed by atoms with Gasteiger partial charge in [0.05, 0.1) is 5.54 Å². The first kappa shape index (κ1) is 14.5. The van der Waals surface area contributed by atoms with Crippen molar-refractivity contribution in [3.63, 3.8) is 0 Å². The summed E-state index contributed by atoms with van der Waals surface area (Å²) < 4.78 is 5.52. The number of halogens is 1. The van der Waals surface area contributed by atoms with Gasteiger partial charge in [0.1, 0.15) is 0 Å². The fourth-order valence-electron chi connectivity index (χ4n) is 3.57. The number of hydrogen-bond donors (Lipinski definition) is 1. The number of nitrogens with two attached hydrogens (primary N) is 1. The molecule has 0 unspecified atom stereocenters. The Bertz CT molecular complexity index is 609. The molecule has 1 heterocycles. The van der Waals surface area contributed by atoms with Gasteiger partial charge in [-0.25, -0.2) is 0 Å². The average molecular weight is 306 g/mol. The molecule has 0 radical (unpaired) electrons. The fraction of sp³-hybridized carbons (Fsp3) is 0.500. The van der Waals surface area contributed by atoms with Crippen molar-refractivity contribution in [2.45, 2.75) is 50.0 Å². The first-order valence-electron chi connectivity index (χ1n) is 7.44. The standard InChI is InChI=1S/C16H19N3O.ClH/c17-16(7-3-4-8-16)15-18-14(20-19-15)13-9-11-5-1-2-6-12(11)10-13;/h1-2,5-6,13H,3-4,7-10,17H2;1H.